The maximum absolute atomic E-state index is 14.0. The Bertz CT molecular complexity index is 1020. The van der Waals surface area contributed by atoms with Gasteiger partial charge in [-0.05, 0) is 50.4 Å². The van der Waals surface area contributed by atoms with Crippen LogP contribution in [0.3, 0.4) is 0 Å². The van der Waals surface area contributed by atoms with Crippen molar-refractivity contribution in [2.45, 2.75) is 38.5 Å². The average Bonchev–Trinajstić information content (AvgIpc) is 2.82. The van der Waals surface area contributed by atoms with Gasteiger partial charge in [0.05, 0.1) is 11.5 Å². The third-order valence-electron chi connectivity index (χ3n) is 5.76. The second kappa shape index (κ2) is 10.5. The highest BCUT2D eigenvalue weighted by Gasteiger charge is 2.32. The zero-order chi connectivity index (χ0) is 23.2. The number of nitrogens with zero attached hydrogens (tertiary/aromatic N) is 3. The lowest BCUT2D eigenvalue weighted by molar-refractivity contribution is -0.385. The fourth-order valence-electron chi connectivity index (χ4n) is 4.22. The molecular formula is C21H24FN5O6. The number of ether oxygens (including phenoxy) is 3. The number of piperidine rings is 1. The first-order chi connectivity index (χ1) is 16.1. The smallest absolute Gasteiger partial charge is 0.336 e. The Labute approximate surface area is 188 Å². The predicted molar refractivity (Wildman–Crippen MR) is 113 cm³/mol. The number of carbonyl (C=O) groups is 1. The van der Waals surface area contributed by atoms with E-state index in [2.05, 4.69) is 20.6 Å². The molecule has 33 heavy (non-hydrogen) atoms. The highest BCUT2D eigenvalue weighted by molar-refractivity contribution is 5.60. The average molecular weight is 461 g/mol. The molecule has 176 valence electrons. The van der Waals surface area contributed by atoms with E-state index in [1.807, 2.05) is 0 Å². The summed E-state index contributed by atoms with van der Waals surface area (Å²) >= 11 is 0. The fraction of sp³-hybridized carbons (Fsp3) is 0.476. The highest BCUT2D eigenvalue weighted by atomic mass is 19.1. The van der Waals surface area contributed by atoms with E-state index in [1.165, 1.54) is 18.5 Å². The van der Waals surface area contributed by atoms with Gasteiger partial charge in [0.15, 0.2) is 18.6 Å². The number of carbonyl (C=O) groups excluding carboxylic acids is 1. The number of benzene rings is 1. The van der Waals surface area contributed by atoms with Crippen LogP contribution >= 0.6 is 0 Å². The van der Waals surface area contributed by atoms with Gasteiger partial charge >= 0.3 is 5.69 Å². The summed E-state index contributed by atoms with van der Waals surface area (Å²) in [5.74, 6) is 0.180. The molecule has 2 aliphatic heterocycles. The van der Waals surface area contributed by atoms with E-state index < -0.39 is 16.8 Å². The molecule has 1 saturated heterocycles. The number of fused-ring (bicyclic) bond motifs is 1. The van der Waals surface area contributed by atoms with Crippen LogP contribution in [0.15, 0.2) is 18.5 Å². The maximum Gasteiger partial charge on any atom is 0.336 e. The van der Waals surface area contributed by atoms with Crippen molar-refractivity contribution in [3.63, 3.8) is 0 Å². The zero-order valence-electron chi connectivity index (χ0n) is 17.8. The van der Waals surface area contributed by atoms with E-state index in [-0.39, 0.29) is 49.5 Å². The second-order valence-electron chi connectivity index (χ2n) is 7.88. The van der Waals surface area contributed by atoms with Crippen LogP contribution in [0.5, 0.6) is 5.75 Å². The molecule has 11 nitrogen and oxygen atoms in total. The molecule has 1 unspecified atom stereocenters. The SMILES string of the molecule is O=COC(CC1CCNCC1)c1ncnc(NCc2cc(F)cc3c2OCOC3)c1[N+](=O)[O-]. The van der Waals surface area contributed by atoms with E-state index in [4.69, 9.17) is 14.2 Å². The minimum Gasteiger partial charge on any atom is -0.467 e. The van der Waals surface area contributed by atoms with Gasteiger partial charge < -0.3 is 24.8 Å². The molecule has 0 bridgehead atoms. The van der Waals surface area contributed by atoms with Gasteiger partial charge in [-0.1, -0.05) is 0 Å². The van der Waals surface area contributed by atoms with Gasteiger partial charge in [-0.2, -0.15) is 0 Å². The van der Waals surface area contributed by atoms with Crippen molar-refractivity contribution in [1.29, 1.82) is 0 Å². The number of anilines is 1. The van der Waals surface area contributed by atoms with Crippen molar-refractivity contribution in [3.8, 4) is 5.75 Å². The minimum atomic E-state index is -0.878. The standard InChI is InChI=1S/C21H24FN5O6/c22-16-6-14(20-15(7-16)9-31-12-33-20)8-24-21-19(27(29)30)18(25-10-26-21)17(32-11-28)5-13-1-3-23-4-2-13/h6-7,10-11,13,17,23H,1-5,8-9,12H2,(H,24,25,26). The number of hydrogen-bond acceptors (Lipinski definition) is 10. The molecule has 2 aromatic rings. The molecule has 0 amide bonds. The maximum atomic E-state index is 14.0. The van der Waals surface area contributed by atoms with E-state index in [0.29, 0.717) is 23.3 Å². The Balaban J connectivity index is 1.60. The van der Waals surface area contributed by atoms with E-state index >= 15 is 0 Å². The van der Waals surface area contributed by atoms with Gasteiger partial charge in [0, 0.05) is 17.7 Å². The molecule has 1 atom stereocenters. The Kier molecular flexibility index (Phi) is 7.25. The normalized spacial score (nSPS) is 16.9. The molecule has 1 fully saturated rings. The van der Waals surface area contributed by atoms with Gasteiger partial charge in [-0.25, -0.2) is 14.4 Å². The summed E-state index contributed by atoms with van der Waals surface area (Å²) in [6.45, 7) is 2.21. The van der Waals surface area contributed by atoms with Crippen LogP contribution in [0.4, 0.5) is 15.9 Å². The molecule has 0 saturated carbocycles. The van der Waals surface area contributed by atoms with Crippen molar-refractivity contribution >= 4 is 18.0 Å². The Hall–Kier alpha value is -3.38. The third-order valence-corrected chi connectivity index (χ3v) is 5.76. The van der Waals surface area contributed by atoms with Gasteiger partial charge in [-0.15, -0.1) is 0 Å². The van der Waals surface area contributed by atoms with Gasteiger partial charge in [0.25, 0.3) is 6.47 Å². The van der Waals surface area contributed by atoms with Gasteiger partial charge in [-0.3, -0.25) is 14.9 Å². The highest BCUT2D eigenvalue weighted by Crippen LogP contribution is 2.36. The largest absolute Gasteiger partial charge is 0.467 e. The summed E-state index contributed by atoms with van der Waals surface area (Å²) in [6.07, 6.45) is 2.47. The number of nitro groups is 1. The zero-order valence-corrected chi connectivity index (χ0v) is 17.8. The monoisotopic (exact) mass is 461 g/mol. The van der Waals surface area contributed by atoms with Crippen molar-refractivity contribution in [1.82, 2.24) is 15.3 Å². The number of halogens is 1. The molecule has 0 aliphatic carbocycles. The van der Waals surface area contributed by atoms with E-state index in [0.717, 1.165) is 25.9 Å². The van der Waals surface area contributed by atoms with Crippen molar-refractivity contribution in [3.05, 3.63) is 51.2 Å². The summed E-state index contributed by atoms with van der Waals surface area (Å²) in [5, 5.41) is 18.1. The first-order valence-electron chi connectivity index (χ1n) is 10.6. The Morgan fingerprint density at radius 3 is 2.94 bits per heavy atom. The Morgan fingerprint density at radius 2 is 2.18 bits per heavy atom. The molecule has 1 aromatic carbocycles. The molecule has 12 heteroatoms. The number of aromatic nitrogens is 2. The third kappa shape index (κ3) is 5.34. The summed E-state index contributed by atoms with van der Waals surface area (Å²) in [6, 6.07) is 2.62. The molecule has 0 radical (unpaired) electrons. The quantitative estimate of drug-likeness (QED) is 0.325. The molecule has 2 aliphatic rings. The Morgan fingerprint density at radius 1 is 1.36 bits per heavy atom. The molecule has 4 rings (SSSR count). The van der Waals surface area contributed by atoms with Crippen LogP contribution in [0.2, 0.25) is 0 Å². The molecule has 0 spiro atoms. The first kappa shape index (κ1) is 22.8. The van der Waals surface area contributed by atoms with Crippen LogP contribution in [0, 0.1) is 21.8 Å². The lowest BCUT2D eigenvalue weighted by Crippen LogP contribution is -2.29. The predicted octanol–water partition coefficient (Wildman–Crippen LogP) is 2.61. The topological polar surface area (TPSA) is 138 Å². The summed E-state index contributed by atoms with van der Waals surface area (Å²) in [7, 11) is 0. The van der Waals surface area contributed by atoms with E-state index in [9.17, 15) is 19.3 Å². The fourth-order valence-corrected chi connectivity index (χ4v) is 4.22. The lowest BCUT2D eigenvalue weighted by Gasteiger charge is -2.26. The molecule has 1 aromatic heterocycles. The molecular weight excluding hydrogens is 437 g/mol. The van der Waals surface area contributed by atoms with Crippen LogP contribution in [-0.4, -0.2) is 41.2 Å². The molecule has 2 N–H and O–H groups in total. The van der Waals surface area contributed by atoms with Gasteiger partial charge in [0.1, 0.15) is 17.9 Å². The van der Waals surface area contributed by atoms with Crippen LogP contribution in [-0.2, 0) is 27.4 Å². The minimum absolute atomic E-state index is 0.0187. The number of rotatable bonds is 9. The van der Waals surface area contributed by atoms with Crippen LogP contribution < -0.4 is 15.4 Å². The summed E-state index contributed by atoms with van der Waals surface area (Å²) in [5.41, 5.74) is 0.664. The van der Waals surface area contributed by atoms with Crippen molar-refractivity contribution in [2.24, 2.45) is 5.92 Å². The van der Waals surface area contributed by atoms with Crippen molar-refractivity contribution in [2.75, 3.05) is 25.2 Å². The van der Waals surface area contributed by atoms with E-state index in [1.54, 1.807) is 0 Å². The second-order valence-corrected chi connectivity index (χ2v) is 7.88. The van der Waals surface area contributed by atoms with Crippen LogP contribution in [0.1, 0.15) is 42.2 Å². The van der Waals surface area contributed by atoms with Crippen LogP contribution in [0.25, 0.3) is 0 Å². The first-order valence-corrected chi connectivity index (χ1v) is 10.6. The summed E-state index contributed by atoms with van der Waals surface area (Å²) in [4.78, 5) is 30.6. The number of hydrogen-bond donors (Lipinski definition) is 2. The molecule has 3 heterocycles. The summed E-state index contributed by atoms with van der Waals surface area (Å²) < 4.78 is 29.9. The van der Waals surface area contributed by atoms with Crippen molar-refractivity contribution < 1.29 is 28.3 Å². The lowest BCUT2D eigenvalue weighted by atomic mass is 9.90. The number of nitrogens with one attached hydrogen (secondary N) is 2. The van der Waals surface area contributed by atoms with Gasteiger partial charge in [0.2, 0.25) is 5.82 Å².